The second kappa shape index (κ2) is 8.60. The summed E-state index contributed by atoms with van der Waals surface area (Å²) in [6.07, 6.45) is 6.86. The van der Waals surface area contributed by atoms with Crippen LogP contribution in [-0.2, 0) is 0 Å². The molecule has 0 aliphatic heterocycles. The first-order valence-electron chi connectivity index (χ1n) is 7.25. The van der Waals surface area contributed by atoms with Crippen molar-refractivity contribution in [2.45, 2.75) is 29.5 Å². The van der Waals surface area contributed by atoms with Gasteiger partial charge in [0.05, 0.1) is 11.1 Å². The summed E-state index contributed by atoms with van der Waals surface area (Å²) in [4.78, 5) is 27.9. The fourth-order valence-corrected chi connectivity index (χ4v) is 3.40. The summed E-state index contributed by atoms with van der Waals surface area (Å²) in [5.74, 6) is -1.89. The summed E-state index contributed by atoms with van der Waals surface area (Å²) < 4.78 is 0.259. The van der Waals surface area contributed by atoms with Crippen molar-refractivity contribution in [3.8, 4) is 0 Å². The van der Waals surface area contributed by atoms with E-state index >= 15 is 0 Å². The van der Waals surface area contributed by atoms with Crippen molar-refractivity contribution in [2.75, 3.05) is 0 Å². The number of nitrogens with zero attached hydrogens (tertiary/aromatic N) is 1. The van der Waals surface area contributed by atoms with E-state index in [1.54, 1.807) is 42.4 Å². The van der Waals surface area contributed by atoms with Crippen molar-refractivity contribution < 1.29 is 19.8 Å². The van der Waals surface area contributed by atoms with Gasteiger partial charge in [-0.1, -0.05) is 18.6 Å². The van der Waals surface area contributed by atoms with Gasteiger partial charge in [-0.25, -0.2) is 14.6 Å². The molecule has 0 unspecified atom stereocenters. The molecule has 0 amide bonds. The molecule has 8 heteroatoms. The highest BCUT2D eigenvalue weighted by atomic mass is 32.2. The Hall–Kier alpha value is -2.19. The molecule has 2 aromatic rings. The predicted molar refractivity (Wildman–Crippen MR) is 93.3 cm³/mol. The number of aromatic amines is 1. The lowest BCUT2D eigenvalue weighted by molar-refractivity contribution is 0.0683. The van der Waals surface area contributed by atoms with E-state index in [1.165, 1.54) is 25.3 Å². The van der Waals surface area contributed by atoms with E-state index in [1.807, 2.05) is 0 Å². The quantitative estimate of drug-likeness (QED) is 0.708. The van der Waals surface area contributed by atoms with E-state index in [9.17, 15) is 9.59 Å². The number of thioether (sulfide) groups is 1. The van der Waals surface area contributed by atoms with Gasteiger partial charge in [0, 0.05) is 17.6 Å². The molecule has 0 saturated heterocycles. The van der Waals surface area contributed by atoms with E-state index in [0.717, 1.165) is 0 Å². The van der Waals surface area contributed by atoms with Gasteiger partial charge in [0.15, 0.2) is 0 Å². The molecule has 0 bridgehead atoms. The minimum absolute atomic E-state index is 0.137. The topological polar surface area (TPSA) is 103 Å². The maximum absolute atomic E-state index is 10.9. The number of hydrogen-bond acceptors (Lipinski definition) is 5. The van der Waals surface area contributed by atoms with Crippen LogP contribution in [0, 0.1) is 4.64 Å². The molecule has 2 aromatic heterocycles. The van der Waals surface area contributed by atoms with Crippen molar-refractivity contribution in [3.05, 3.63) is 52.4 Å². The van der Waals surface area contributed by atoms with Crippen molar-refractivity contribution in [3.63, 3.8) is 0 Å². The van der Waals surface area contributed by atoms with Crippen LogP contribution in [0.15, 0.2) is 41.7 Å². The van der Waals surface area contributed by atoms with Gasteiger partial charge in [-0.2, -0.15) is 0 Å². The first-order valence-corrected chi connectivity index (χ1v) is 8.53. The fourth-order valence-electron chi connectivity index (χ4n) is 1.88. The van der Waals surface area contributed by atoms with Crippen LogP contribution >= 0.6 is 24.0 Å². The maximum Gasteiger partial charge on any atom is 0.338 e. The van der Waals surface area contributed by atoms with E-state index < -0.39 is 11.9 Å². The van der Waals surface area contributed by atoms with Gasteiger partial charge >= 0.3 is 11.9 Å². The molecule has 2 heterocycles. The van der Waals surface area contributed by atoms with Crippen molar-refractivity contribution in [2.24, 2.45) is 0 Å². The second-order valence-corrected chi connectivity index (χ2v) is 6.75. The van der Waals surface area contributed by atoms with Crippen LogP contribution in [-0.4, -0.2) is 37.4 Å². The molecule has 6 nitrogen and oxygen atoms in total. The highest BCUT2D eigenvalue weighted by Crippen LogP contribution is 2.36. The molecule has 1 saturated carbocycles. The van der Waals surface area contributed by atoms with Gasteiger partial charge in [0.2, 0.25) is 0 Å². The Morgan fingerprint density at radius 2 is 1.83 bits per heavy atom. The number of carboxylic acids is 2. The Bertz CT molecular complexity index is 787. The predicted octanol–water partition coefficient (Wildman–Crippen LogP) is 3.87. The van der Waals surface area contributed by atoms with E-state index in [-0.39, 0.29) is 10.2 Å². The van der Waals surface area contributed by atoms with Crippen molar-refractivity contribution >= 4 is 35.9 Å². The van der Waals surface area contributed by atoms with Crippen LogP contribution in [0.2, 0.25) is 0 Å². The number of carboxylic acid groups (broad SMARTS) is 2. The van der Waals surface area contributed by atoms with Crippen LogP contribution in [0.4, 0.5) is 0 Å². The third-order valence-electron chi connectivity index (χ3n) is 3.38. The Morgan fingerprint density at radius 1 is 1.17 bits per heavy atom. The Labute approximate surface area is 148 Å². The minimum atomic E-state index is -0.998. The van der Waals surface area contributed by atoms with Crippen LogP contribution in [0.5, 0.6) is 0 Å². The zero-order valence-corrected chi connectivity index (χ0v) is 14.3. The first-order chi connectivity index (χ1) is 11.5. The van der Waals surface area contributed by atoms with Gasteiger partial charge in [-0.05, 0) is 37.1 Å². The third kappa shape index (κ3) is 4.90. The number of hydrogen-bond donors (Lipinski definition) is 3. The number of aromatic carboxylic acids is 2. The van der Waals surface area contributed by atoms with Gasteiger partial charge in [-0.3, -0.25) is 0 Å². The third-order valence-corrected chi connectivity index (χ3v) is 5.07. The molecule has 1 aliphatic carbocycles. The van der Waals surface area contributed by atoms with Crippen LogP contribution in [0.25, 0.3) is 0 Å². The average molecular weight is 364 g/mol. The summed E-state index contributed by atoms with van der Waals surface area (Å²) in [5.41, 5.74) is 0.460. The summed E-state index contributed by atoms with van der Waals surface area (Å²) in [7, 11) is 0. The Morgan fingerprint density at radius 3 is 2.33 bits per heavy atom. The second-order valence-electron chi connectivity index (χ2n) is 5.05. The number of H-pyrrole nitrogens is 1. The van der Waals surface area contributed by atoms with Gasteiger partial charge in [0.25, 0.3) is 0 Å². The zero-order chi connectivity index (χ0) is 17.5. The highest BCUT2D eigenvalue weighted by Gasteiger charge is 2.21. The minimum Gasteiger partial charge on any atom is -0.478 e. The van der Waals surface area contributed by atoms with E-state index in [2.05, 4.69) is 9.97 Å². The molecule has 1 aliphatic rings. The molecule has 0 aromatic carbocycles. The molecule has 0 radical (unpaired) electrons. The summed E-state index contributed by atoms with van der Waals surface area (Å²) >= 11 is 6.29. The van der Waals surface area contributed by atoms with Crippen LogP contribution in [0.3, 0.4) is 0 Å². The molecular formula is C16H16N2O4S2. The Kier molecular flexibility index (Phi) is 6.51. The number of rotatable bonds is 4. The number of pyridine rings is 2. The SMILES string of the molecule is O=C(O)c1ccc[nH]c1=S.O=C(O)c1cccnc1SC1CCC1. The van der Waals surface area contributed by atoms with E-state index in [4.69, 9.17) is 22.4 Å². The standard InChI is InChI=1S/C10H11NO2S.C6H5NO2S/c12-10(13)8-5-2-6-11-9(8)14-7-3-1-4-7;8-6(9)4-2-1-3-7-5(4)10/h2,5-7H,1,3-4H2,(H,12,13);1-3H,(H,7,10)(H,8,9). The van der Waals surface area contributed by atoms with Crippen LogP contribution in [0.1, 0.15) is 40.0 Å². The Balaban J connectivity index is 0.000000185. The van der Waals surface area contributed by atoms with Crippen LogP contribution < -0.4 is 0 Å². The average Bonchev–Trinajstić information content (AvgIpc) is 2.52. The fraction of sp³-hybridized carbons (Fsp3) is 0.250. The smallest absolute Gasteiger partial charge is 0.338 e. The van der Waals surface area contributed by atoms with Gasteiger partial charge in [-0.15, -0.1) is 11.8 Å². The molecule has 24 heavy (non-hydrogen) atoms. The molecule has 126 valence electrons. The lowest BCUT2D eigenvalue weighted by Crippen LogP contribution is -2.14. The van der Waals surface area contributed by atoms with Gasteiger partial charge < -0.3 is 15.2 Å². The molecular weight excluding hydrogens is 348 g/mol. The number of carbonyl (C=O) groups is 2. The molecule has 1 fully saturated rings. The molecule has 0 atom stereocenters. The largest absolute Gasteiger partial charge is 0.478 e. The van der Waals surface area contributed by atoms with Crippen molar-refractivity contribution in [1.82, 2.24) is 9.97 Å². The lowest BCUT2D eigenvalue weighted by atomic mass is 10.0. The maximum atomic E-state index is 10.9. The monoisotopic (exact) mass is 364 g/mol. The number of aromatic nitrogens is 2. The number of nitrogens with one attached hydrogen (secondary N) is 1. The molecule has 0 spiro atoms. The zero-order valence-electron chi connectivity index (χ0n) is 12.6. The molecule has 3 N–H and O–H groups in total. The van der Waals surface area contributed by atoms with Crippen molar-refractivity contribution in [1.29, 1.82) is 0 Å². The van der Waals surface area contributed by atoms with Gasteiger partial charge in [0.1, 0.15) is 9.67 Å². The summed E-state index contributed by atoms with van der Waals surface area (Å²) in [5, 5.41) is 18.6. The first kappa shape index (κ1) is 18.2. The van der Waals surface area contributed by atoms with E-state index in [0.29, 0.717) is 15.8 Å². The molecule has 3 rings (SSSR count). The highest BCUT2D eigenvalue weighted by molar-refractivity contribution is 8.00. The summed E-state index contributed by atoms with van der Waals surface area (Å²) in [6.45, 7) is 0. The lowest BCUT2D eigenvalue weighted by Gasteiger charge is -2.24. The normalized spacial score (nSPS) is 13.3. The summed E-state index contributed by atoms with van der Waals surface area (Å²) in [6, 6.07) is 6.32.